The van der Waals surface area contributed by atoms with Crippen LogP contribution >= 0.6 is 11.8 Å². The molecule has 0 aromatic heterocycles. The molecule has 0 saturated heterocycles. The molecule has 0 aliphatic heterocycles. The van der Waals surface area contributed by atoms with Crippen LogP contribution in [0, 0.1) is 11.7 Å². The summed E-state index contributed by atoms with van der Waals surface area (Å²) in [5.74, 6) is 0.347. The standard InChI is InChI=1S/C24H29FN2O4S/c1-17(2)12-22(27-24(30)31-14-18-6-4-3-5-7-18)23(29)26-21(13-28)16-32-15-19-8-10-20(25)11-9-19/h3-11,13,17,21-22H,12,14-16H2,1-2H3,(H,26,29)(H,27,30)/t21?,22-/m1/s1. The maximum atomic E-state index is 13.0. The maximum Gasteiger partial charge on any atom is 0.408 e. The van der Waals surface area contributed by atoms with E-state index in [1.54, 1.807) is 12.1 Å². The number of alkyl carbamates (subject to hydrolysis) is 1. The molecule has 2 rings (SSSR count). The van der Waals surface area contributed by atoms with Gasteiger partial charge < -0.3 is 20.2 Å². The first-order valence-electron chi connectivity index (χ1n) is 10.4. The van der Waals surface area contributed by atoms with Gasteiger partial charge >= 0.3 is 6.09 Å². The molecule has 0 aliphatic rings. The van der Waals surface area contributed by atoms with Gasteiger partial charge in [-0.05, 0) is 35.6 Å². The molecule has 0 bridgehead atoms. The van der Waals surface area contributed by atoms with Gasteiger partial charge in [-0.25, -0.2) is 9.18 Å². The lowest BCUT2D eigenvalue weighted by atomic mass is 10.0. The van der Waals surface area contributed by atoms with E-state index in [9.17, 15) is 18.8 Å². The van der Waals surface area contributed by atoms with Gasteiger partial charge in [0.1, 0.15) is 24.8 Å². The van der Waals surface area contributed by atoms with E-state index in [0.29, 0.717) is 24.2 Å². The molecule has 0 aliphatic carbocycles. The van der Waals surface area contributed by atoms with Gasteiger partial charge in [-0.2, -0.15) is 11.8 Å². The molecular weight excluding hydrogens is 431 g/mol. The lowest BCUT2D eigenvalue weighted by Crippen LogP contribution is -2.51. The number of nitrogens with one attached hydrogen (secondary N) is 2. The van der Waals surface area contributed by atoms with Crippen LogP contribution in [0.3, 0.4) is 0 Å². The van der Waals surface area contributed by atoms with E-state index >= 15 is 0 Å². The molecule has 0 fully saturated rings. The van der Waals surface area contributed by atoms with Gasteiger partial charge in [-0.15, -0.1) is 0 Å². The van der Waals surface area contributed by atoms with Crippen molar-refractivity contribution in [3.8, 4) is 0 Å². The Morgan fingerprint density at radius 2 is 1.72 bits per heavy atom. The minimum absolute atomic E-state index is 0.0969. The molecule has 0 heterocycles. The van der Waals surface area contributed by atoms with Crippen LogP contribution in [-0.4, -0.2) is 36.1 Å². The van der Waals surface area contributed by atoms with E-state index < -0.39 is 24.1 Å². The van der Waals surface area contributed by atoms with Crippen molar-refractivity contribution >= 4 is 30.0 Å². The summed E-state index contributed by atoms with van der Waals surface area (Å²) in [6, 6.07) is 13.8. The number of halogens is 1. The van der Waals surface area contributed by atoms with Crippen molar-refractivity contribution in [3.05, 3.63) is 71.5 Å². The number of carbonyl (C=O) groups is 3. The number of amides is 2. The second kappa shape index (κ2) is 13.5. The third-order valence-corrected chi connectivity index (χ3v) is 5.63. The van der Waals surface area contributed by atoms with E-state index in [0.717, 1.165) is 11.1 Å². The van der Waals surface area contributed by atoms with Crippen molar-refractivity contribution < 1.29 is 23.5 Å². The molecule has 1 unspecified atom stereocenters. The summed E-state index contributed by atoms with van der Waals surface area (Å²) < 4.78 is 18.2. The SMILES string of the molecule is CC(C)C[C@@H](NC(=O)OCc1ccccc1)C(=O)NC(C=O)CSCc1ccc(F)cc1. The Labute approximate surface area is 192 Å². The molecule has 2 aromatic rings. The summed E-state index contributed by atoms with van der Waals surface area (Å²) in [5, 5.41) is 5.29. The minimum atomic E-state index is -0.817. The first-order chi connectivity index (χ1) is 15.4. The molecule has 0 saturated carbocycles. The first kappa shape index (κ1) is 25.4. The molecule has 8 heteroatoms. The van der Waals surface area contributed by atoms with Gasteiger partial charge in [0.25, 0.3) is 0 Å². The zero-order chi connectivity index (χ0) is 23.3. The molecule has 0 radical (unpaired) electrons. The third kappa shape index (κ3) is 9.51. The molecule has 32 heavy (non-hydrogen) atoms. The quantitative estimate of drug-likeness (QED) is 0.466. The molecule has 2 atom stereocenters. The largest absolute Gasteiger partial charge is 0.445 e. The van der Waals surface area contributed by atoms with Crippen molar-refractivity contribution in [2.75, 3.05) is 5.75 Å². The number of aldehydes is 1. The Bertz CT molecular complexity index is 862. The molecular formula is C24H29FN2O4S. The Hall–Kier alpha value is -2.87. The molecule has 0 spiro atoms. The highest BCUT2D eigenvalue weighted by Gasteiger charge is 2.24. The van der Waals surface area contributed by atoms with Gasteiger partial charge in [-0.1, -0.05) is 56.3 Å². The van der Waals surface area contributed by atoms with Crippen molar-refractivity contribution in [2.45, 2.75) is 44.7 Å². The molecule has 2 aromatic carbocycles. The monoisotopic (exact) mass is 460 g/mol. The lowest BCUT2D eigenvalue weighted by molar-refractivity contribution is -0.125. The van der Waals surface area contributed by atoms with Crippen LogP contribution in [0.2, 0.25) is 0 Å². The highest BCUT2D eigenvalue weighted by Crippen LogP contribution is 2.14. The van der Waals surface area contributed by atoms with E-state index in [2.05, 4.69) is 10.6 Å². The minimum Gasteiger partial charge on any atom is -0.445 e. The van der Waals surface area contributed by atoms with Crippen molar-refractivity contribution in [1.82, 2.24) is 10.6 Å². The second-order valence-corrected chi connectivity index (χ2v) is 8.81. The summed E-state index contributed by atoms with van der Waals surface area (Å²) in [6.45, 7) is 3.97. The Morgan fingerprint density at radius 3 is 2.34 bits per heavy atom. The third-order valence-electron chi connectivity index (χ3n) is 4.50. The highest BCUT2D eigenvalue weighted by molar-refractivity contribution is 7.98. The van der Waals surface area contributed by atoms with Gasteiger partial charge in [0.05, 0.1) is 6.04 Å². The number of benzene rings is 2. The summed E-state index contributed by atoms with van der Waals surface area (Å²) in [7, 11) is 0. The summed E-state index contributed by atoms with van der Waals surface area (Å²) in [5.41, 5.74) is 1.76. The first-order valence-corrected chi connectivity index (χ1v) is 11.6. The van der Waals surface area contributed by atoms with Crippen LogP contribution in [0.15, 0.2) is 54.6 Å². The summed E-state index contributed by atoms with van der Waals surface area (Å²) in [4.78, 5) is 36.4. The lowest BCUT2D eigenvalue weighted by Gasteiger charge is -2.22. The number of thioether (sulfide) groups is 1. The maximum absolute atomic E-state index is 13.0. The molecule has 6 nitrogen and oxygen atoms in total. The predicted octanol–water partition coefficient (Wildman–Crippen LogP) is 4.08. The highest BCUT2D eigenvalue weighted by atomic mass is 32.2. The van der Waals surface area contributed by atoms with Crippen LogP contribution in [-0.2, 0) is 26.7 Å². The number of carbonyl (C=O) groups excluding carboxylic acids is 3. The topological polar surface area (TPSA) is 84.5 Å². The Kier molecular flexibility index (Phi) is 10.7. The average molecular weight is 461 g/mol. The number of hydrogen-bond acceptors (Lipinski definition) is 5. The van der Waals surface area contributed by atoms with Crippen molar-refractivity contribution in [1.29, 1.82) is 0 Å². The zero-order valence-electron chi connectivity index (χ0n) is 18.3. The van der Waals surface area contributed by atoms with Crippen LogP contribution in [0.4, 0.5) is 9.18 Å². The fourth-order valence-corrected chi connectivity index (χ4v) is 3.85. The summed E-state index contributed by atoms with van der Waals surface area (Å²) >= 11 is 1.45. The zero-order valence-corrected chi connectivity index (χ0v) is 19.1. The molecule has 2 N–H and O–H groups in total. The number of hydrogen-bond donors (Lipinski definition) is 2. The van der Waals surface area contributed by atoms with Gasteiger partial charge in [0, 0.05) is 11.5 Å². The van der Waals surface area contributed by atoms with Crippen LogP contribution in [0.5, 0.6) is 0 Å². The fraction of sp³-hybridized carbons (Fsp3) is 0.375. The van der Waals surface area contributed by atoms with E-state index in [1.165, 1.54) is 23.9 Å². The predicted molar refractivity (Wildman–Crippen MR) is 124 cm³/mol. The smallest absolute Gasteiger partial charge is 0.408 e. The van der Waals surface area contributed by atoms with Crippen molar-refractivity contribution in [3.63, 3.8) is 0 Å². The van der Waals surface area contributed by atoms with Gasteiger partial charge in [0.2, 0.25) is 5.91 Å². The Balaban J connectivity index is 1.85. The van der Waals surface area contributed by atoms with Crippen LogP contribution < -0.4 is 10.6 Å². The van der Waals surface area contributed by atoms with Crippen LogP contribution in [0.1, 0.15) is 31.4 Å². The molecule has 2 amide bonds. The molecule has 172 valence electrons. The van der Waals surface area contributed by atoms with Crippen LogP contribution in [0.25, 0.3) is 0 Å². The fourth-order valence-electron chi connectivity index (χ4n) is 2.89. The normalized spacial score (nSPS) is 12.6. The number of rotatable bonds is 12. The summed E-state index contributed by atoms with van der Waals surface area (Å²) in [6.07, 6.45) is 0.388. The number of ether oxygens (including phenoxy) is 1. The van der Waals surface area contributed by atoms with E-state index in [4.69, 9.17) is 4.74 Å². The van der Waals surface area contributed by atoms with Gasteiger partial charge in [-0.3, -0.25) is 4.79 Å². The second-order valence-electron chi connectivity index (χ2n) is 7.78. The van der Waals surface area contributed by atoms with E-state index in [-0.39, 0.29) is 18.3 Å². The van der Waals surface area contributed by atoms with Crippen molar-refractivity contribution in [2.24, 2.45) is 5.92 Å². The van der Waals surface area contributed by atoms with Gasteiger partial charge in [0.15, 0.2) is 0 Å². The Morgan fingerprint density at radius 1 is 1.03 bits per heavy atom. The van der Waals surface area contributed by atoms with E-state index in [1.807, 2.05) is 44.2 Å². The average Bonchev–Trinajstić information content (AvgIpc) is 2.78.